The first-order valence-electron chi connectivity index (χ1n) is 4.35. The van der Waals surface area contributed by atoms with Crippen LogP contribution < -0.4 is 9.67 Å². The highest BCUT2D eigenvalue weighted by atomic mass is 16.3. The summed E-state index contributed by atoms with van der Waals surface area (Å²) in [4.78, 5) is 22.5. The van der Waals surface area contributed by atoms with Gasteiger partial charge in [-0.05, 0) is 12.2 Å². The molecule has 0 bridgehead atoms. The van der Waals surface area contributed by atoms with Gasteiger partial charge < -0.3 is 5.11 Å². The molecule has 1 aliphatic rings. The second kappa shape index (κ2) is 3.49. The molecule has 1 aromatic heterocycles. The Balaban J connectivity index is 2.57. The molecule has 0 saturated heterocycles. The molecule has 0 aliphatic heterocycles. The summed E-state index contributed by atoms with van der Waals surface area (Å²) in [6.07, 6.45) is 5.21. The van der Waals surface area contributed by atoms with Crippen LogP contribution in [0.4, 0.5) is 0 Å². The minimum Gasteiger partial charge on any atom is -0.865 e. The van der Waals surface area contributed by atoms with Crippen LogP contribution in [0, 0.1) is 0 Å². The van der Waals surface area contributed by atoms with Gasteiger partial charge in [-0.15, -0.1) is 0 Å². The molecule has 0 radical (unpaired) electrons. The van der Waals surface area contributed by atoms with E-state index >= 15 is 0 Å². The van der Waals surface area contributed by atoms with E-state index in [0.717, 1.165) is 12.2 Å². The van der Waals surface area contributed by atoms with E-state index in [9.17, 15) is 14.7 Å². The number of carbonyl (C=O) groups is 2. The largest absolute Gasteiger partial charge is 0.865 e. The normalized spacial score (nSPS) is 16.0. The summed E-state index contributed by atoms with van der Waals surface area (Å²) >= 11 is 0. The summed E-state index contributed by atoms with van der Waals surface area (Å²) in [6, 6.07) is 5.11. The van der Waals surface area contributed by atoms with E-state index in [4.69, 9.17) is 0 Å². The Morgan fingerprint density at radius 1 is 0.933 bits per heavy atom. The molecule has 0 N–H and O–H groups in total. The Hall–Kier alpha value is -2.23. The van der Waals surface area contributed by atoms with Crippen molar-refractivity contribution in [3.8, 4) is 0 Å². The van der Waals surface area contributed by atoms with Gasteiger partial charge in [0, 0.05) is 17.9 Å². The Labute approximate surface area is 85.8 Å². The van der Waals surface area contributed by atoms with Gasteiger partial charge in [0.15, 0.2) is 18.2 Å². The summed E-state index contributed by atoms with van der Waals surface area (Å²) in [5, 5.41) is 11.5. The fourth-order valence-electron chi connectivity index (χ4n) is 1.33. The van der Waals surface area contributed by atoms with Crippen LogP contribution in [0.1, 0.15) is 0 Å². The fraction of sp³-hybridized carbons (Fsp3) is 0. The third kappa shape index (κ3) is 1.57. The van der Waals surface area contributed by atoms with Crippen LogP contribution in [-0.4, -0.2) is 11.6 Å². The van der Waals surface area contributed by atoms with Gasteiger partial charge in [-0.2, -0.15) is 4.57 Å². The Morgan fingerprint density at radius 2 is 1.53 bits per heavy atom. The molecule has 1 aromatic rings. The highest BCUT2D eigenvalue weighted by Gasteiger charge is 2.24. The average Bonchev–Trinajstić information content (AvgIpc) is 2.26. The summed E-state index contributed by atoms with van der Waals surface area (Å²) in [6.45, 7) is 0. The Kier molecular flexibility index (Phi) is 2.17. The van der Waals surface area contributed by atoms with Crippen molar-refractivity contribution >= 4 is 17.3 Å². The van der Waals surface area contributed by atoms with Gasteiger partial charge in [-0.1, -0.05) is 6.07 Å². The van der Waals surface area contributed by atoms with Gasteiger partial charge in [0.25, 0.3) is 5.70 Å². The van der Waals surface area contributed by atoms with Crippen LogP contribution in [-0.2, 0) is 9.59 Å². The van der Waals surface area contributed by atoms with Gasteiger partial charge in [-0.25, -0.2) is 0 Å². The average molecular weight is 201 g/mol. The first-order chi connectivity index (χ1) is 7.20. The summed E-state index contributed by atoms with van der Waals surface area (Å²) in [5.74, 6) is -1.88. The molecule has 0 saturated carbocycles. The number of aromatic nitrogens is 1. The van der Waals surface area contributed by atoms with Gasteiger partial charge >= 0.3 is 0 Å². The SMILES string of the molecule is O=C1C=CC(=O)C([n+]2ccccc2)=C1[O-]. The van der Waals surface area contributed by atoms with Gasteiger partial charge in [0.2, 0.25) is 5.78 Å². The topological polar surface area (TPSA) is 61.1 Å². The van der Waals surface area contributed by atoms with E-state index in [0.29, 0.717) is 0 Å². The molecule has 74 valence electrons. The third-order valence-corrected chi connectivity index (χ3v) is 2.03. The van der Waals surface area contributed by atoms with E-state index in [-0.39, 0.29) is 5.70 Å². The van der Waals surface area contributed by atoms with E-state index in [2.05, 4.69) is 0 Å². The molecule has 1 heterocycles. The lowest BCUT2D eigenvalue weighted by atomic mass is 10.1. The molecule has 1 aliphatic carbocycles. The molecule has 0 fully saturated rings. The van der Waals surface area contributed by atoms with Crippen LogP contribution in [0.2, 0.25) is 0 Å². The molecule has 4 nitrogen and oxygen atoms in total. The smallest absolute Gasteiger partial charge is 0.254 e. The lowest BCUT2D eigenvalue weighted by Crippen LogP contribution is -2.40. The Morgan fingerprint density at radius 3 is 2.20 bits per heavy atom. The van der Waals surface area contributed by atoms with Crippen LogP contribution >= 0.6 is 0 Å². The van der Waals surface area contributed by atoms with E-state index in [1.165, 1.54) is 4.57 Å². The van der Waals surface area contributed by atoms with E-state index < -0.39 is 17.3 Å². The number of allylic oxidation sites excluding steroid dienone is 3. The van der Waals surface area contributed by atoms with Gasteiger partial charge in [0.1, 0.15) is 0 Å². The first kappa shape index (κ1) is 9.33. The number of carbonyl (C=O) groups excluding carboxylic acids is 2. The Bertz CT molecular complexity index is 486. The highest BCUT2D eigenvalue weighted by Crippen LogP contribution is 2.08. The van der Waals surface area contributed by atoms with Crippen molar-refractivity contribution in [3.63, 3.8) is 0 Å². The maximum Gasteiger partial charge on any atom is 0.254 e. The highest BCUT2D eigenvalue weighted by molar-refractivity contribution is 6.29. The lowest BCUT2D eigenvalue weighted by molar-refractivity contribution is -0.581. The number of hydrogen-bond donors (Lipinski definition) is 0. The van der Waals surface area contributed by atoms with Crippen molar-refractivity contribution in [2.75, 3.05) is 0 Å². The van der Waals surface area contributed by atoms with Crippen molar-refractivity contribution in [1.29, 1.82) is 0 Å². The van der Waals surface area contributed by atoms with Crippen molar-refractivity contribution in [1.82, 2.24) is 0 Å². The quantitative estimate of drug-likeness (QED) is 0.442. The van der Waals surface area contributed by atoms with Gasteiger partial charge in [-0.3, -0.25) is 9.59 Å². The predicted molar refractivity (Wildman–Crippen MR) is 49.0 cm³/mol. The molecule has 0 atom stereocenters. The van der Waals surface area contributed by atoms with E-state index in [1.807, 2.05) is 0 Å². The number of ketones is 2. The second-order valence-corrected chi connectivity index (χ2v) is 3.02. The molecular formula is C11H7NO3. The van der Waals surface area contributed by atoms with Crippen molar-refractivity contribution in [3.05, 3.63) is 48.5 Å². The van der Waals surface area contributed by atoms with Crippen molar-refractivity contribution in [2.24, 2.45) is 0 Å². The van der Waals surface area contributed by atoms with Crippen molar-refractivity contribution in [2.45, 2.75) is 0 Å². The monoisotopic (exact) mass is 201 g/mol. The van der Waals surface area contributed by atoms with E-state index in [1.54, 1.807) is 30.6 Å². The molecule has 0 amide bonds. The van der Waals surface area contributed by atoms with Crippen LogP contribution in [0.15, 0.2) is 48.5 Å². The van der Waals surface area contributed by atoms with Crippen molar-refractivity contribution < 1.29 is 19.3 Å². The zero-order valence-electron chi connectivity index (χ0n) is 7.71. The number of rotatable bonds is 1. The molecule has 15 heavy (non-hydrogen) atoms. The standard InChI is InChI=1S/C11H7NO3/c13-8-4-5-9(14)11(15)10(8)12-6-2-1-3-7-12/h1-7H. The zero-order chi connectivity index (χ0) is 10.8. The predicted octanol–water partition coefficient (Wildman–Crippen LogP) is -0.789. The van der Waals surface area contributed by atoms with Crippen LogP contribution in [0.25, 0.3) is 5.70 Å². The maximum atomic E-state index is 11.5. The minimum atomic E-state index is -0.765. The molecule has 4 heteroatoms. The van der Waals surface area contributed by atoms with Crippen LogP contribution in [0.3, 0.4) is 0 Å². The summed E-state index contributed by atoms with van der Waals surface area (Å²) in [7, 11) is 0. The molecule has 0 spiro atoms. The summed E-state index contributed by atoms with van der Waals surface area (Å²) < 4.78 is 1.35. The molecule has 0 unspecified atom stereocenters. The number of hydrogen-bond acceptors (Lipinski definition) is 3. The lowest BCUT2D eigenvalue weighted by Gasteiger charge is -2.12. The van der Waals surface area contributed by atoms with Crippen LogP contribution in [0.5, 0.6) is 0 Å². The number of nitrogens with zero attached hydrogens (tertiary/aromatic N) is 1. The molecular weight excluding hydrogens is 194 g/mol. The molecule has 2 rings (SSSR count). The number of pyridine rings is 1. The maximum absolute atomic E-state index is 11.5. The second-order valence-electron chi connectivity index (χ2n) is 3.02. The first-order valence-corrected chi connectivity index (χ1v) is 4.35. The molecule has 0 aromatic carbocycles. The fourth-order valence-corrected chi connectivity index (χ4v) is 1.33. The minimum absolute atomic E-state index is 0.122. The third-order valence-electron chi connectivity index (χ3n) is 2.03. The van der Waals surface area contributed by atoms with Gasteiger partial charge in [0.05, 0.1) is 0 Å². The zero-order valence-corrected chi connectivity index (χ0v) is 7.71. The summed E-state index contributed by atoms with van der Waals surface area (Å²) in [5.41, 5.74) is -0.122.